The summed E-state index contributed by atoms with van der Waals surface area (Å²) in [6.07, 6.45) is 2.14. The Kier molecular flexibility index (Phi) is 5.39. The summed E-state index contributed by atoms with van der Waals surface area (Å²) < 4.78 is 13.4. The number of benzene rings is 1. The Bertz CT molecular complexity index is 1190. The lowest BCUT2D eigenvalue weighted by Gasteiger charge is -2.40. The van der Waals surface area contributed by atoms with Crippen molar-refractivity contribution in [2.75, 3.05) is 19.7 Å². The third-order valence-electron chi connectivity index (χ3n) is 5.80. The molecule has 2 aliphatic rings. The second-order valence-corrected chi connectivity index (χ2v) is 10.9. The molecule has 1 fully saturated rings. The predicted octanol–water partition coefficient (Wildman–Crippen LogP) is 4.92. The first-order chi connectivity index (χ1) is 15.7. The molecule has 0 unspecified atom stereocenters. The number of carbonyl (C=O) groups excluding carboxylic acids is 1. The third kappa shape index (κ3) is 4.21. The molecule has 0 atom stereocenters. The number of nitrogens with zero attached hydrogens (tertiary/aromatic N) is 5. The molecule has 5 rings (SSSR count). The molecule has 4 heterocycles. The lowest BCUT2D eigenvalue weighted by molar-refractivity contribution is 0.00819. The molecule has 1 saturated heterocycles. The summed E-state index contributed by atoms with van der Waals surface area (Å²) in [4.78, 5) is 24.7. The molecule has 0 radical (unpaired) electrons. The smallest absolute Gasteiger partial charge is 0.410 e. The highest BCUT2D eigenvalue weighted by Gasteiger charge is 2.35. The molecule has 1 aromatic carbocycles. The molecule has 2 aromatic heterocycles. The van der Waals surface area contributed by atoms with Crippen molar-refractivity contribution in [3.63, 3.8) is 0 Å². The minimum atomic E-state index is -0.484. The van der Waals surface area contributed by atoms with Crippen LogP contribution in [0.5, 0.6) is 5.75 Å². The SMILES string of the molecule is CC(C)n1ncnc1-c1nc2c(s1)CCOc1ccc(C3CN(C(=O)OC(C)(C)C)C3)cc1-2. The fourth-order valence-corrected chi connectivity index (χ4v) is 5.18. The van der Waals surface area contributed by atoms with Gasteiger partial charge in [0, 0.05) is 41.9 Å². The van der Waals surface area contributed by atoms with E-state index in [2.05, 4.69) is 36.1 Å². The van der Waals surface area contributed by atoms with Crippen molar-refractivity contribution in [2.24, 2.45) is 0 Å². The second-order valence-electron chi connectivity index (χ2n) is 9.85. The van der Waals surface area contributed by atoms with Gasteiger partial charge >= 0.3 is 6.09 Å². The standard InChI is InChI=1S/C24H29N5O3S/c1-14(2)29-21(25-13-26-29)22-27-20-17-10-15(6-7-18(17)31-9-8-19(20)33-22)16-11-28(12-16)23(30)32-24(3,4)5/h6-7,10,13-14,16H,8-9,11-12H2,1-5H3. The Labute approximate surface area is 197 Å². The Morgan fingerprint density at radius 3 is 2.79 bits per heavy atom. The van der Waals surface area contributed by atoms with Crippen molar-refractivity contribution in [3.8, 4) is 27.8 Å². The fourth-order valence-electron chi connectivity index (χ4n) is 4.14. The third-order valence-corrected chi connectivity index (χ3v) is 6.91. The first kappa shape index (κ1) is 21.9. The number of ether oxygens (including phenoxy) is 2. The summed E-state index contributed by atoms with van der Waals surface area (Å²) in [5.74, 6) is 1.92. The van der Waals surface area contributed by atoms with Crippen LogP contribution in [0.25, 0.3) is 22.1 Å². The summed E-state index contributed by atoms with van der Waals surface area (Å²) in [5, 5.41) is 5.24. The minimum Gasteiger partial charge on any atom is -0.493 e. The van der Waals surface area contributed by atoms with E-state index in [1.807, 2.05) is 31.5 Å². The van der Waals surface area contributed by atoms with E-state index < -0.39 is 5.60 Å². The van der Waals surface area contributed by atoms with Crippen molar-refractivity contribution < 1.29 is 14.3 Å². The van der Waals surface area contributed by atoms with E-state index in [1.54, 1.807) is 22.6 Å². The number of hydrogen-bond acceptors (Lipinski definition) is 7. The number of carbonyl (C=O) groups is 1. The van der Waals surface area contributed by atoms with E-state index in [9.17, 15) is 4.79 Å². The maximum atomic E-state index is 12.3. The van der Waals surface area contributed by atoms with E-state index in [0.29, 0.717) is 19.7 Å². The van der Waals surface area contributed by atoms with Gasteiger partial charge in [-0.25, -0.2) is 19.4 Å². The average Bonchev–Trinajstić information content (AvgIpc) is 3.30. The normalized spacial score (nSPS) is 16.0. The molecule has 174 valence electrons. The predicted molar refractivity (Wildman–Crippen MR) is 127 cm³/mol. The zero-order valence-corrected chi connectivity index (χ0v) is 20.5. The highest BCUT2D eigenvalue weighted by molar-refractivity contribution is 7.15. The molecule has 0 aliphatic carbocycles. The summed E-state index contributed by atoms with van der Waals surface area (Å²) in [5.41, 5.74) is 2.67. The van der Waals surface area contributed by atoms with Crippen LogP contribution in [0.3, 0.4) is 0 Å². The Hall–Kier alpha value is -2.94. The van der Waals surface area contributed by atoms with Gasteiger partial charge in [-0.15, -0.1) is 11.3 Å². The number of thiazole rings is 1. The summed E-state index contributed by atoms with van der Waals surface area (Å²) >= 11 is 1.66. The van der Waals surface area contributed by atoms with Crippen LogP contribution < -0.4 is 4.74 Å². The van der Waals surface area contributed by atoms with E-state index in [-0.39, 0.29) is 18.1 Å². The quantitative estimate of drug-likeness (QED) is 0.544. The van der Waals surface area contributed by atoms with Crippen LogP contribution in [-0.2, 0) is 11.2 Å². The van der Waals surface area contributed by atoms with Crippen LogP contribution in [0.4, 0.5) is 4.79 Å². The number of amides is 1. The Morgan fingerprint density at radius 1 is 1.27 bits per heavy atom. The highest BCUT2D eigenvalue weighted by Crippen LogP contribution is 2.42. The van der Waals surface area contributed by atoms with Crippen LogP contribution in [-0.4, -0.2) is 56.0 Å². The molecule has 33 heavy (non-hydrogen) atoms. The topological polar surface area (TPSA) is 82.4 Å². The molecule has 1 amide bonds. The van der Waals surface area contributed by atoms with Crippen LogP contribution in [0.15, 0.2) is 24.5 Å². The van der Waals surface area contributed by atoms with Gasteiger partial charge in [-0.05, 0) is 52.3 Å². The maximum Gasteiger partial charge on any atom is 0.410 e. The number of likely N-dealkylation sites (tertiary alicyclic amines) is 1. The molecule has 0 bridgehead atoms. The summed E-state index contributed by atoms with van der Waals surface area (Å²) in [6, 6.07) is 6.52. The summed E-state index contributed by atoms with van der Waals surface area (Å²) in [6.45, 7) is 11.8. The monoisotopic (exact) mass is 467 g/mol. The van der Waals surface area contributed by atoms with Crippen molar-refractivity contribution in [1.82, 2.24) is 24.6 Å². The molecule has 3 aromatic rings. The molecular weight excluding hydrogens is 438 g/mol. The first-order valence-electron chi connectivity index (χ1n) is 11.3. The van der Waals surface area contributed by atoms with E-state index in [4.69, 9.17) is 14.5 Å². The van der Waals surface area contributed by atoms with Gasteiger partial charge < -0.3 is 14.4 Å². The number of hydrogen-bond donors (Lipinski definition) is 0. The highest BCUT2D eigenvalue weighted by atomic mass is 32.1. The van der Waals surface area contributed by atoms with Crippen molar-refractivity contribution in [3.05, 3.63) is 35.0 Å². The molecule has 0 saturated carbocycles. The van der Waals surface area contributed by atoms with Gasteiger partial charge in [0.25, 0.3) is 0 Å². The molecule has 0 N–H and O–H groups in total. The molecule has 2 aliphatic heterocycles. The first-order valence-corrected chi connectivity index (χ1v) is 12.2. The maximum absolute atomic E-state index is 12.3. The zero-order chi connectivity index (χ0) is 23.3. The number of aromatic nitrogens is 4. The Morgan fingerprint density at radius 2 is 2.06 bits per heavy atom. The van der Waals surface area contributed by atoms with E-state index in [0.717, 1.165) is 34.3 Å². The van der Waals surface area contributed by atoms with Crippen LogP contribution in [0.2, 0.25) is 0 Å². The number of fused-ring (bicyclic) bond motifs is 3. The van der Waals surface area contributed by atoms with E-state index >= 15 is 0 Å². The van der Waals surface area contributed by atoms with Gasteiger partial charge in [0.15, 0.2) is 10.8 Å². The van der Waals surface area contributed by atoms with Crippen LogP contribution >= 0.6 is 11.3 Å². The molecule has 0 spiro atoms. The molecule has 9 heteroatoms. The fraction of sp³-hybridized carbons (Fsp3) is 0.500. The summed E-state index contributed by atoms with van der Waals surface area (Å²) in [7, 11) is 0. The molecule has 8 nitrogen and oxygen atoms in total. The lowest BCUT2D eigenvalue weighted by atomic mass is 9.90. The van der Waals surface area contributed by atoms with Gasteiger partial charge in [-0.1, -0.05) is 6.07 Å². The average molecular weight is 468 g/mol. The van der Waals surface area contributed by atoms with Crippen molar-refractivity contribution >= 4 is 17.4 Å². The van der Waals surface area contributed by atoms with Gasteiger partial charge in [0.1, 0.15) is 17.7 Å². The number of rotatable bonds is 3. The minimum absolute atomic E-state index is 0.208. The van der Waals surface area contributed by atoms with E-state index in [1.165, 1.54) is 10.4 Å². The molecular formula is C24H29N5O3S. The van der Waals surface area contributed by atoms with Crippen LogP contribution in [0.1, 0.15) is 57.0 Å². The van der Waals surface area contributed by atoms with Gasteiger partial charge in [-0.3, -0.25) is 0 Å². The van der Waals surface area contributed by atoms with Gasteiger partial charge in [-0.2, -0.15) is 5.10 Å². The van der Waals surface area contributed by atoms with Crippen LogP contribution in [0, 0.1) is 0 Å². The second kappa shape index (κ2) is 8.13. The van der Waals surface area contributed by atoms with Crippen molar-refractivity contribution in [1.29, 1.82) is 0 Å². The largest absolute Gasteiger partial charge is 0.493 e. The van der Waals surface area contributed by atoms with Crippen molar-refractivity contribution in [2.45, 2.75) is 58.6 Å². The van der Waals surface area contributed by atoms with Gasteiger partial charge in [0.2, 0.25) is 0 Å². The zero-order valence-electron chi connectivity index (χ0n) is 19.7. The lowest BCUT2D eigenvalue weighted by Crippen LogP contribution is -2.50. The Balaban J connectivity index is 1.41. The van der Waals surface area contributed by atoms with Gasteiger partial charge in [0.05, 0.1) is 12.3 Å².